The van der Waals surface area contributed by atoms with Gasteiger partial charge < -0.3 is 4.74 Å². The lowest BCUT2D eigenvalue weighted by Gasteiger charge is -2.37. The minimum absolute atomic E-state index is 0.0767. The van der Waals surface area contributed by atoms with Gasteiger partial charge in [-0.3, -0.25) is 0 Å². The molecule has 2 atom stereocenters. The Kier molecular flexibility index (Phi) is 4.70. The maximum Gasteiger partial charge on any atom is 0.334 e. The zero-order valence-electron chi connectivity index (χ0n) is 12.8. The molecule has 0 bridgehead atoms. The average molecular weight is 264 g/mol. The van der Waals surface area contributed by atoms with E-state index in [1.807, 2.05) is 6.92 Å². The first kappa shape index (κ1) is 14.6. The number of carbonyl (C=O) groups is 1. The Bertz CT molecular complexity index is 369. The lowest BCUT2D eigenvalue weighted by atomic mass is 9.69. The second kappa shape index (κ2) is 6.11. The Labute approximate surface area is 117 Å². The van der Waals surface area contributed by atoms with Crippen LogP contribution < -0.4 is 0 Å². The predicted octanol–water partition coefficient (Wildman–Crippen LogP) is 4.78. The summed E-state index contributed by atoms with van der Waals surface area (Å²) in [5, 5.41) is 0. The third-order valence-corrected chi connectivity index (χ3v) is 4.99. The molecule has 2 heteroatoms. The van der Waals surface area contributed by atoms with E-state index in [0.717, 1.165) is 18.4 Å². The van der Waals surface area contributed by atoms with Gasteiger partial charge in [0.25, 0.3) is 0 Å². The van der Waals surface area contributed by atoms with Gasteiger partial charge in [0.2, 0.25) is 0 Å². The van der Waals surface area contributed by atoms with Gasteiger partial charge in [-0.15, -0.1) is 0 Å². The van der Waals surface area contributed by atoms with Crippen LogP contribution in [0.25, 0.3) is 0 Å². The van der Waals surface area contributed by atoms with E-state index in [9.17, 15) is 4.79 Å². The standard InChI is InChI=1S/C17H28O2/c1-4-5-6-7-8-10-17(3)11-9-14-13(2)16(18)19-15(14)12-17/h15H,4-12H2,1-3H3. The number of unbranched alkanes of at least 4 members (excludes halogenated alkanes) is 4. The molecule has 2 nitrogen and oxygen atoms in total. The first-order valence-electron chi connectivity index (χ1n) is 7.96. The summed E-state index contributed by atoms with van der Waals surface area (Å²) in [5.41, 5.74) is 2.55. The maximum absolute atomic E-state index is 11.6. The number of fused-ring (bicyclic) bond motifs is 1. The Balaban J connectivity index is 1.82. The quantitative estimate of drug-likeness (QED) is 0.510. The van der Waals surface area contributed by atoms with Crippen LogP contribution in [-0.4, -0.2) is 12.1 Å². The predicted molar refractivity (Wildman–Crippen MR) is 77.9 cm³/mol. The molecule has 2 rings (SSSR count). The summed E-state index contributed by atoms with van der Waals surface area (Å²) in [6.07, 6.45) is 11.4. The zero-order valence-corrected chi connectivity index (χ0v) is 12.8. The highest BCUT2D eigenvalue weighted by Gasteiger charge is 2.41. The molecule has 0 amide bonds. The van der Waals surface area contributed by atoms with Gasteiger partial charge in [-0.2, -0.15) is 0 Å². The second-order valence-corrected chi connectivity index (χ2v) is 6.72. The molecule has 0 saturated heterocycles. The number of carbonyl (C=O) groups excluding carboxylic acids is 1. The fourth-order valence-electron chi connectivity index (χ4n) is 3.54. The first-order valence-corrected chi connectivity index (χ1v) is 7.96. The average Bonchev–Trinajstić information content (AvgIpc) is 2.64. The fraction of sp³-hybridized carbons (Fsp3) is 0.824. The van der Waals surface area contributed by atoms with Crippen LogP contribution in [0.4, 0.5) is 0 Å². The van der Waals surface area contributed by atoms with Gasteiger partial charge in [-0.05, 0) is 43.6 Å². The molecule has 1 aliphatic carbocycles. The molecule has 0 radical (unpaired) electrons. The number of hydrogen-bond donors (Lipinski definition) is 0. The minimum Gasteiger partial charge on any atom is -0.454 e. The van der Waals surface area contributed by atoms with Crippen molar-refractivity contribution in [2.45, 2.75) is 84.7 Å². The Morgan fingerprint density at radius 3 is 2.74 bits per heavy atom. The number of ether oxygens (including phenoxy) is 1. The molecule has 0 spiro atoms. The Morgan fingerprint density at radius 1 is 1.26 bits per heavy atom. The van der Waals surface area contributed by atoms with E-state index in [4.69, 9.17) is 4.74 Å². The van der Waals surface area contributed by atoms with E-state index in [1.165, 1.54) is 50.5 Å². The van der Waals surface area contributed by atoms with Gasteiger partial charge >= 0.3 is 5.97 Å². The largest absolute Gasteiger partial charge is 0.454 e. The normalized spacial score (nSPS) is 30.5. The van der Waals surface area contributed by atoms with Crippen LogP contribution in [0.5, 0.6) is 0 Å². The summed E-state index contributed by atoms with van der Waals surface area (Å²) in [4.78, 5) is 11.6. The summed E-state index contributed by atoms with van der Waals surface area (Å²) in [6, 6.07) is 0. The zero-order chi connectivity index (χ0) is 13.9. The molecule has 0 aromatic heterocycles. The number of esters is 1. The van der Waals surface area contributed by atoms with Crippen molar-refractivity contribution in [2.75, 3.05) is 0 Å². The Morgan fingerprint density at radius 2 is 2.00 bits per heavy atom. The van der Waals surface area contributed by atoms with Gasteiger partial charge in [0.1, 0.15) is 6.10 Å². The van der Waals surface area contributed by atoms with E-state index in [2.05, 4.69) is 13.8 Å². The third kappa shape index (κ3) is 3.40. The van der Waals surface area contributed by atoms with Crippen LogP contribution in [0.2, 0.25) is 0 Å². The SMILES string of the molecule is CCCCCCCC1(C)CCC2=C(C)C(=O)OC2C1. The molecule has 0 aromatic carbocycles. The van der Waals surface area contributed by atoms with Gasteiger partial charge in [0.05, 0.1) is 0 Å². The van der Waals surface area contributed by atoms with E-state index >= 15 is 0 Å². The highest BCUT2D eigenvalue weighted by Crippen LogP contribution is 2.46. The molecule has 2 aliphatic rings. The van der Waals surface area contributed by atoms with Crippen LogP contribution >= 0.6 is 0 Å². The molecular weight excluding hydrogens is 236 g/mol. The van der Waals surface area contributed by atoms with Crippen LogP contribution in [0.15, 0.2) is 11.1 Å². The van der Waals surface area contributed by atoms with E-state index in [0.29, 0.717) is 5.41 Å². The van der Waals surface area contributed by atoms with E-state index in [1.54, 1.807) is 0 Å². The van der Waals surface area contributed by atoms with Crippen molar-refractivity contribution >= 4 is 5.97 Å². The van der Waals surface area contributed by atoms with Gasteiger partial charge in [-0.1, -0.05) is 46.0 Å². The third-order valence-electron chi connectivity index (χ3n) is 4.99. The lowest BCUT2D eigenvalue weighted by molar-refractivity contribution is -0.141. The van der Waals surface area contributed by atoms with Crippen molar-refractivity contribution < 1.29 is 9.53 Å². The van der Waals surface area contributed by atoms with Crippen LogP contribution in [0.1, 0.15) is 78.6 Å². The summed E-state index contributed by atoms with van der Waals surface area (Å²) < 4.78 is 5.50. The highest BCUT2D eigenvalue weighted by molar-refractivity contribution is 5.91. The number of hydrogen-bond acceptors (Lipinski definition) is 2. The highest BCUT2D eigenvalue weighted by atomic mass is 16.5. The van der Waals surface area contributed by atoms with Crippen molar-refractivity contribution in [3.63, 3.8) is 0 Å². The topological polar surface area (TPSA) is 26.3 Å². The summed E-state index contributed by atoms with van der Waals surface area (Å²) in [7, 11) is 0. The van der Waals surface area contributed by atoms with E-state index in [-0.39, 0.29) is 12.1 Å². The van der Waals surface area contributed by atoms with E-state index < -0.39 is 0 Å². The van der Waals surface area contributed by atoms with Crippen molar-refractivity contribution in [1.29, 1.82) is 0 Å². The van der Waals surface area contributed by atoms with Crippen molar-refractivity contribution in [1.82, 2.24) is 0 Å². The monoisotopic (exact) mass is 264 g/mol. The lowest BCUT2D eigenvalue weighted by Crippen LogP contribution is -2.30. The van der Waals surface area contributed by atoms with Gasteiger partial charge in [0.15, 0.2) is 0 Å². The van der Waals surface area contributed by atoms with Crippen LogP contribution in [-0.2, 0) is 9.53 Å². The smallest absolute Gasteiger partial charge is 0.334 e. The van der Waals surface area contributed by atoms with Crippen molar-refractivity contribution in [3.05, 3.63) is 11.1 Å². The fourth-order valence-corrected chi connectivity index (χ4v) is 3.54. The summed E-state index contributed by atoms with van der Waals surface area (Å²) in [5.74, 6) is -0.0767. The van der Waals surface area contributed by atoms with Crippen molar-refractivity contribution in [2.24, 2.45) is 5.41 Å². The first-order chi connectivity index (χ1) is 9.06. The summed E-state index contributed by atoms with van der Waals surface area (Å²) >= 11 is 0. The van der Waals surface area contributed by atoms with Crippen molar-refractivity contribution in [3.8, 4) is 0 Å². The maximum atomic E-state index is 11.6. The van der Waals surface area contributed by atoms with Gasteiger partial charge in [-0.25, -0.2) is 4.79 Å². The summed E-state index contributed by atoms with van der Waals surface area (Å²) in [6.45, 7) is 6.56. The van der Waals surface area contributed by atoms with Crippen LogP contribution in [0, 0.1) is 5.41 Å². The molecule has 19 heavy (non-hydrogen) atoms. The molecular formula is C17H28O2. The molecule has 1 heterocycles. The Hall–Kier alpha value is -0.790. The molecule has 2 unspecified atom stereocenters. The molecule has 1 fully saturated rings. The molecule has 0 aromatic rings. The minimum atomic E-state index is -0.0767. The number of rotatable bonds is 6. The molecule has 0 N–H and O–H groups in total. The molecule has 1 saturated carbocycles. The van der Waals surface area contributed by atoms with Crippen LogP contribution in [0.3, 0.4) is 0 Å². The van der Waals surface area contributed by atoms with Gasteiger partial charge in [0, 0.05) is 5.57 Å². The molecule has 108 valence electrons. The molecule has 1 aliphatic heterocycles. The second-order valence-electron chi connectivity index (χ2n) is 6.72.